The molecule has 3 fully saturated rings. The molecule has 2 nitrogen and oxygen atoms in total. The van der Waals surface area contributed by atoms with Crippen molar-refractivity contribution in [3.05, 3.63) is 42.1 Å². The van der Waals surface area contributed by atoms with E-state index in [0.29, 0.717) is 0 Å². The third kappa shape index (κ3) is 2.04. The number of para-hydroxylation sites is 1. The molecular weight excluding hydrogens is 232 g/mol. The van der Waals surface area contributed by atoms with Gasteiger partial charge in [-0.3, -0.25) is 4.98 Å². The van der Waals surface area contributed by atoms with Crippen molar-refractivity contribution in [3.63, 3.8) is 0 Å². The van der Waals surface area contributed by atoms with Gasteiger partial charge in [0.15, 0.2) is 0 Å². The van der Waals surface area contributed by atoms with Crippen LogP contribution in [0.4, 0.5) is 0 Å². The molecule has 0 aliphatic carbocycles. The van der Waals surface area contributed by atoms with Gasteiger partial charge in [-0.25, -0.2) is 0 Å². The molecule has 4 heterocycles. The van der Waals surface area contributed by atoms with Crippen molar-refractivity contribution in [2.75, 3.05) is 13.1 Å². The fourth-order valence-electron chi connectivity index (χ4n) is 3.89. The Morgan fingerprint density at radius 1 is 1.11 bits per heavy atom. The highest BCUT2D eigenvalue weighted by Gasteiger charge is 2.33. The number of pyridine rings is 1. The van der Waals surface area contributed by atoms with E-state index in [1.54, 1.807) is 0 Å². The second-order valence-corrected chi connectivity index (χ2v) is 6.06. The summed E-state index contributed by atoms with van der Waals surface area (Å²) in [6.45, 7) is 2.64. The van der Waals surface area contributed by atoms with Crippen LogP contribution in [0.3, 0.4) is 0 Å². The van der Waals surface area contributed by atoms with Gasteiger partial charge in [0.2, 0.25) is 0 Å². The Bertz CT molecular complexity index is 579. The van der Waals surface area contributed by atoms with Crippen LogP contribution in [0, 0.1) is 5.92 Å². The van der Waals surface area contributed by atoms with Gasteiger partial charge in [0.05, 0.1) is 5.52 Å². The molecule has 0 spiro atoms. The van der Waals surface area contributed by atoms with Crippen molar-refractivity contribution in [3.8, 4) is 0 Å². The number of benzene rings is 1. The normalized spacial score (nSPS) is 29.8. The number of piperidine rings is 3. The number of nitrogens with zero attached hydrogens (tertiary/aromatic N) is 2. The van der Waals surface area contributed by atoms with Gasteiger partial charge in [0, 0.05) is 17.6 Å². The third-order valence-electron chi connectivity index (χ3n) is 4.97. The minimum absolute atomic E-state index is 0.762. The van der Waals surface area contributed by atoms with Crippen molar-refractivity contribution < 1.29 is 0 Å². The molecule has 2 aromatic rings. The van der Waals surface area contributed by atoms with E-state index in [1.807, 2.05) is 6.20 Å². The maximum atomic E-state index is 4.47. The zero-order valence-corrected chi connectivity index (χ0v) is 11.3. The van der Waals surface area contributed by atoms with Crippen LogP contribution in [0.5, 0.6) is 0 Å². The van der Waals surface area contributed by atoms with Crippen LogP contribution >= 0.6 is 0 Å². The minimum Gasteiger partial charge on any atom is -0.300 e. The molecule has 2 heteroatoms. The highest BCUT2D eigenvalue weighted by Crippen LogP contribution is 2.34. The molecule has 0 unspecified atom stereocenters. The third-order valence-corrected chi connectivity index (χ3v) is 4.97. The van der Waals surface area contributed by atoms with Crippen LogP contribution < -0.4 is 0 Å². The average molecular weight is 252 g/mol. The van der Waals surface area contributed by atoms with Crippen LogP contribution in [0.2, 0.25) is 0 Å². The van der Waals surface area contributed by atoms with Gasteiger partial charge in [-0.1, -0.05) is 18.2 Å². The fraction of sp³-hybridized carbons (Fsp3) is 0.471. The van der Waals surface area contributed by atoms with Gasteiger partial charge < -0.3 is 4.90 Å². The maximum Gasteiger partial charge on any atom is 0.0704 e. The van der Waals surface area contributed by atoms with E-state index in [4.69, 9.17) is 0 Å². The quantitative estimate of drug-likeness (QED) is 0.815. The monoisotopic (exact) mass is 252 g/mol. The highest BCUT2D eigenvalue weighted by molar-refractivity contribution is 5.81. The lowest BCUT2D eigenvalue weighted by Gasteiger charge is -2.45. The molecule has 0 radical (unpaired) electrons. The summed E-state index contributed by atoms with van der Waals surface area (Å²) in [6, 6.07) is 11.5. The summed E-state index contributed by atoms with van der Waals surface area (Å²) in [5, 5.41) is 1.34. The predicted molar refractivity (Wildman–Crippen MR) is 78.1 cm³/mol. The van der Waals surface area contributed by atoms with E-state index in [1.165, 1.54) is 49.7 Å². The van der Waals surface area contributed by atoms with Crippen molar-refractivity contribution in [1.82, 2.24) is 9.88 Å². The Morgan fingerprint density at radius 2 is 1.95 bits per heavy atom. The van der Waals surface area contributed by atoms with E-state index in [0.717, 1.165) is 17.5 Å². The predicted octanol–water partition coefficient (Wildman–Crippen LogP) is 3.26. The van der Waals surface area contributed by atoms with Crippen molar-refractivity contribution in [2.45, 2.75) is 31.7 Å². The lowest BCUT2D eigenvalue weighted by Crippen LogP contribution is -2.49. The summed E-state index contributed by atoms with van der Waals surface area (Å²) in [5.74, 6) is 0.989. The lowest BCUT2D eigenvalue weighted by atomic mass is 9.81. The van der Waals surface area contributed by atoms with Gasteiger partial charge in [-0.15, -0.1) is 0 Å². The van der Waals surface area contributed by atoms with Crippen LogP contribution in [0.15, 0.2) is 36.5 Å². The standard InChI is InChI=1S/C17H20N2/c1-2-4-17-16(3-1)14(5-8-18-17)12-15-11-13-6-9-19(15)10-7-13/h1-5,8,13,15H,6-7,9-12H2/t15-/m0/s1. The highest BCUT2D eigenvalue weighted by atomic mass is 15.2. The molecule has 5 rings (SSSR count). The van der Waals surface area contributed by atoms with Gasteiger partial charge in [-0.2, -0.15) is 0 Å². The Morgan fingerprint density at radius 3 is 2.74 bits per heavy atom. The minimum atomic E-state index is 0.762. The first-order valence-corrected chi connectivity index (χ1v) is 7.47. The first-order chi connectivity index (χ1) is 9.40. The molecule has 2 bridgehead atoms. The average Bonchev–Trinajstić information content (AvgIpc) is 2.49. The Labute approximate surface area is 114 Å². The van der Waals surface area contributed by atoms with Crippen LogP contribution in [0.1, 0.15) is 24.8 Å². The first kappa shape index (κ1) is 11.4. The van der Waals surface area contributed by atoms with Gasteiger partial charge in [0.1, 0.15) is 0 Å². The zero-order valence-electron chi connectivity index (χ0n) is 11.3. The maximum absolute atomic E-state index is 4.47. The van der Waals surface area contributed by atoms with Crippen molar-refractivity contribution in [2.24, 2.45) is 5.92 Å². The zero-order chi connectivity index (χ0) is 12.7. The number of hydrogen-bond donors (Lipinski definition) is 0. The number of hydrogen-bond acceptors (Lipinski definition) is 2. The number of fused-ring (bicyclic) bond motifs is 4. The SMILES string of the molecule is c1ccc2c(C[C@@H]3CC4CCN3CC4)ccnc2c1. The van der Waals surface area contributed by atoms with Crippen molar-refractivity contribution in [1.29, 1.82) is 0 Å². The molecule has 1 atom stereocenters. The summed E-state index contributed by atoms with van der Waals surface area (Å²) in [4.78, 5) is 7.17. The molecule has 3 saturated heterocycles. The second kappa shape index (κ2) is 4.61. The van der Waals surface area contributed by atoms with Crippen LogP contribution in [0.25, 0.3) is 10.9 Å². The van der Waals surface area contributed by atoms with E-state index in [9.17, 15) is 0 Å². The summed E-state index contributed by atoms with van der Waals surface area (Å²) < 4.78 is 0. The summed E-state index contributed by atoms with van der Waals surface area (Å²) in [5.41, 5.74) is 2.61. The molecule has 3 aliphatic rings. The Balaban J connectivity index is 1.65. The Kier molecular flexibility index (Phi) is 2.77. The summed E-state index contributed by atoms with van der Waals surface area (Å²) in [6.07, 6.45) is 7.41. The Hall–Kier alpha value is -1.41. The molecule has 1 aromatic heterocycles. The van der Waals surface area contributed by atoms with Crippen LogP contribution in [-0.2, 0) is 6.42 Å². The second-order valence-electron chi connectivity index (χ2n) is 6.06. The molecule has 0 N–H and O–H groups in total. The van der Waals surface area contributed by atoms with Crippen LogP contribution in [-0.4, -0.2) is 29.0 Å². The molecule has 0 saturated carbocycles. The number of rotatable bonds is 2. The van der Waals surface area contributed by atoms with Gasteiger partial charge in [-0.05, 0) is 62.4 Å². The molecule has 0 amide bonds. The van der Waals surface area contributed by atoms with Gasteiger partial charge in [0.25, 0.3) is 0 Å². The van der Waals surface area contributed by atoms with Gasteiger partial charge >= 0.3 is 0 Å². The van der Waals surface area contributed by atoms with E-state index in [-0.39, 0.29) is 0 Å². The van der Waals surface area contributed by atoms with E-state index < -0.39 is 0 Å². The largest absolute Gasteiger partial charge is 0.300 e. The first-order valence-electron chi connectivity index (χ1n) is 7.47. The topological polar surface area (TPSA) is 16.1 Å². The van der Waals surface area contributed by atoms with Crippen molar-refractivity contribution >= 4 is 10.9 Å². The lowest BCUT2D eigenvalue weighted by molar-refractivity contribution is 0.0500. The molecule has 1 aromatic carbocycles. The molecule has 3 aliphatic heterocycles. The van der Waals surface area contributed by atoms with E-state index >= 15 is 0 Å². The molecular formula is C17H20N2. The number of aromatic nitrogens is 1. The summed E-state index contributed by atoms with van der Waals surface area (Å²) >= 11 is 0. The smallest absolute Gasteiger partial charge is 0.0704 e. The summed E-state index contributed by atoms with van der Waals surface area (Å²) in [7, 11) is 0. The fourth-order valence-corrected chi connectivity index (χ4v) is 3.89. The molecule has 98 valence electrons. The molecule has 19 heavy (non-hydrogen) atoms. The van der Waals surface area contributed by atoms with E-state index in [2.05, 4.69) is 40.2 Å².